The van der Waals surface area contributed by atoms with E-state index in [0.29, 0.717) is 20.3 Å². The number of carbonyl (C=O) groups is 1. The quantitative estimate of drug-likeness (QED) is 0.216. The maximum Gasteiger partial charge on any atom is 0.338 e. The maximum absolute atomic E-state index is 12.1. The van der Waals surface area contributed by atoms with Crippen molar-refractivity contribution >= 4 is 52.9 Å². The molecule has 0 bridgehead atoms. The minimum absolute atomic E-state index is 0.150. The van der Waals surface area contributed by atoms with Crippen LogP contribution < -0.4 is 4.74 Å². The number of benzene rings is 2. The minimum atomic E-state index is -0.409. The summed E-state index contributed by atoms with van der Waals surface area (Å²) in [6, 6.07) is 14.0. The molecule has 1 aromatic heterocycles. The van der Waals surface area contributed by atoms with E-state index in [0.717, 1.165) is 10.0 Å². The summed E-state index contributed by atoms with van der Waals surface area (Å²) in [4.78, 5) is 12.1. The first-order chi connectivity index (χ1) is 13.1. The highest BCUT2D eigenvalue weighted by molar-refractivity contribution is 8.00. The first-order valence-electron chi connectivity index (χ1n) is 7.87. The summed E-state index contributed by atoms with van der Waals surface area (Å²) in [6.07, 6.45) is 1.95. The van der Waals surface area contributed by atoms with E-state index in [2.05, 4.69) is 5.10 Å². The van der Waals surface area contributed by atoms with Crippen molar-refractivity contribution < 1.29 is 14.3 Å². The van der Waals surface area contributed by atoms with Gasteiger partial charge in [0, 0.05) is 5.02 Å². The van der Waals surface area contributed by atoms with E-state index in [1.165, 1.54) is 11.3 Å². The van der Waals surface area contributed by atoms with E-state index in [-0.39, 0.29) is 13.2 Å². The van der Waals surface area contributed by atoms with Crippen LogP contribution in [0.1, 0.15) is 10.4 Å². The molecule has 0 amide bonds. The van der Waals surface area contributed by atoms with Crippen molar-refractivity contribution in [2.24, 2.45) is 0 Å². The van der Waals surface area contributed by atoms with E-state index in [4.69, 9.17) is 33.3 Å². The monoisotopic (exact) mass is 438 g/mol. The van der Waals surface area contributed by atoms with Crippen molar-refractivity contribution in [2.45, 2.75) is 4.34 Å². The minimum Gasteiger partial charge on any atom is -0.490 e. The molecule has 0 aliphatic carbocycles. The Morgan fingerprint density at radius 2 is 1.89 bits per heavy atom. The predicted octanol–water partition coefficient (Wildman–Crippen LogP) is 5.27. The summed E-state index contributed by atoms with van der Waals surface area (Å²) in [7, 11) is 0. The average molecular weight is 439 g/mol. The third-order valence-electron chi connectivity index (χ3n) is 3.45. The SMILES string of the molecule is CSc1nn(-c2ccc(C(=O)OCCOc3ccc(Cl)cc3)cc2)c(=S)s1. The Balaban J connectivity index is 1.53. The molecule has 0 aliphatic rings. The van der Waals surface area contributed by atoms with Crippen molar-refractivity contribution in [3.8, 4) is 11.4 Å². The number of esters is 1. The fraction of sp³-hybridized carbons (Fsp3) is 0.167. The molecular formula is C18H15ClN2O3S3. The first-order valence-corrected chi connectivity index (χ1v) is 10.7. The molecule has 1 heterocycles. The Hall–Kier alpha value is -1.87. The van der Waals surface area contributed by atoms with Gasteiger partial charge >= 0.3 is 5.97 Å². The van der Waals surface area contributed by atoms with Gasteiger partial charge in [0.05, 0.1) is 11.3 Å². The van der Waals surface area contributed by atoms with Crippen LogP contribution in [0.2, 0.25) is 5.02 Å². The first kappa shape index (κ1) is 19.9. The van der Waals surface area contributed by atoms with Gasteiger partial charge in [-0.15, -0.1) is 5.10 Å². The lowest BCUT2D eigenvalue weighted by Gasteiger charge is -2.08. The molecule has 9 heteroatoms. The number of aromatic nitrogens is 2. The number of halogens is 1. The van der Waals surface area contributed by atoms with Crippen LogP contribution in [0.5, 0.6) is 5.75 Å². The van der Waals surface area contributed by atoms with Gasteiger partial charge in [-0.05, 0) is 67.0 Å². The molecule has 0 unspecified atom stereocenters. The molecule has 3 aromatic rings. The Labute approximate surface area is 174 Å². The lowest BCUT2D eigenvalue weighted by atomic mass is 10.2. The summed E-state index contributed by atoms with van der Waals surface area (Å²) in [5, 5.41) is 5.06. The average Bonchev–Trinajstić information content (AvgIpc) is 3.07. The summed E-state index contributed by atoms with van der Waals surface area (Å²) in [6.45, 7) is 0.411. The van der Waals surface area contributed by atoms with Gasteiger partial charge in [0.1, 0.15) is 19.0 Å². The second-order valence-electron chi connectivity index (χ2n) is 5.23. The van der Waals surface area contributed by atoms with Gasteiger partial charge in [0.2, 0.25) is 0 Å². The van der Waals surface area contributed by atoms with Crippen LogP contribution in [0.4, 0.5) is 0 Å². The van der Waals surface area contributed by atoms with Gasteiger partial charge < -0.3 is 9.47 Å². The third kappa shape index (κ3) is 5.32. The molecule has 0 saturated heterocycles. The zero-order valence-corrected chi connectivity index (χ0v) is 17.5. The molecule has 0 spiro atoms. The van der Waals surface area contributed by atoms with Crippen LogP contribution >= 0.6 is 46.9 Å². The number of nitrogens with zero attached hydrogens (tertiary/aromatic N) is 2. The number of thioether (sulfide) groups is 1. The Bertz CT molecular complexity index is 969. The lowest BCUT2D eigenvalue weighted by Crippen LogP contribution is -2.12. The van der Waals surface area contributed by atoms with Crippen molar-refractivity contribution in [2.75, 3.05) is 19.5 Å². The number of ether oxygens (including phenoxy) is 2. The number of hydrogen-bond donors (Lipinski definition) is 0. The largest absolute Gasteiger partial charge is 0.490 e. The van der Waals surface area contributed by atoms with E-state index in [1.807, 2.05) is 6.26 Å². The van der Waals surface area contributed by atoms with Crippen LogP contribution in [0.3, 0.4) is 0 Å². The smallest absolute Gasteiger partial charge is 0.338 e. The van der Waals surface area contributed by atoms with Gasteiger partial charge in [-0.1, -0.05) is 34.7 Å². The summed E-state index contributed by atoms with van der Waals surface area (Å²) < 4.78 is 14.0. The maximum atomic E-state index is 12.1. The van der Waals surface area contributed by atoms with E-state index in [9.17, 15) is 4.79 Å². The summed E-state index contributed by atoms with van der Waals surface area (Å²) in [5.41, 5.74) is 1.26. The lowest BCUT2D eigenvalue weighted by molar-refractivity contribution is 0.0450. The van der Waals surface area contributed by atoms with Crippen LogP contribution in [0.25, 0.3) is 5.69 Å². The standard InChI is InChI=1S/C18H15ClN2O3S3/c1-26-17-20-21(18(25)27-17)14-6-2-12(3-7-14)16(22)24-11-10-23-15-8-4-13(19)5-9-15/h2-9H,10-11H2,1H3. The Kier molecular flexibility index (Phi) is 6.89. The normalized spacial score (nSPS) is 10.6. The van der Waals surface area contributed by atoms with Gasteiger partial charge in [-0.25, -0.2) is 9.48 Å². The molecule has 3 rings (SSSR count). The van der Waals surface area contributed by atoms with Crippen LogP contribution in [-0.2, 0) is 4.74 Å². The fourth-order valence-electron chi connectivity index (χ4n) is 2.15. The molecule has 5 nitrogen and oxygen atoms in total. The molecule has 0 fully saturated rings. The molecule has 0 radical (unpaired) electrons. The zero-order valence-electron chi connectivity index (χ0n) is 14.3. The highest BCUT2D eigenvalue weighted by Crippen LogP contribution is 2.22. The van der Waals surface area contributed by atoms with Gasteiger partial charge in [-0.3, -0.25) is 0 Å². The van der Waals surface area contributed by atoms with Crippen molar-refractivity contribution in [1.29, 1.82) is 0 Å². The summed E-state index contributed by atoms with van der Waals surface area (Å²) in [5.74, 6) is 0.261. The second-order valence-corrected chi connectivity index (χ2v) is 8.35. The van der Waals surface area contributed by atoms with E-state index < -0.39 is 5.97 Å². The molecule has 27 heavy (non-hydrogen) atoms. The third-order valence-corrected chi connectivity index (χ3v) is 5.91. The number of hydrogen-bond acceptors (Lipinski definition) is 7. The topological polar surface area (TPSA) is 53.4 Å². The molecule has 2 aromatic carbocycles. The van der Waals surface area contributed by atoms with E-state index >= 15 is 0 Å². The zero-order chi connectivity index (χ0) is 19.2. The van der Waals surface area contributed by atoms with Gasteiger partial charge in [0.15, 0.2) is 8.29 Å². The second kappa shape index (κ2) is 9.36. The van der Waals surface area contributed by atoms with Gasteiger partial charge in [-0.2, -0.15) is 0 Å². The highest BCUT2D eigenvalue weighted by Gasteiger charge is 2.09. The van der Waals surface area contributed by atoms with Gasteiger partial charge in [0.25, 0.3) is 0 Å². The van der Waals surface area contributed by atoms with Crippen LogP contribution in [0, 0.1) is 3.95 Å². The molecular weight excluding hydrogens is 424 g/mol. The number of carbonyl (C=O) groups excluding carboxylic acids is 1. The summed E-state index contributed by atoms with van der Waals surface area (Å²) >= 11 is 14.1. The fourth-order valence-corrected chi connectivity index (χ4v) is 4.06. The van der Waals surface area contributed by atoms with E-state index in [1.54, 1.807) is 65.0 Å². The highest BCUT2D eigenvalue weighted by atomic mass is 35.5. The predicted molar refractivity (Wildman–Crippen MR) is 111 cm³/mol. The Morgan fingerprint density at radius 1 is 1.19 bits per heavy atom. The molecule has 140 valence electrons. The molecule has 0 saturated carbocycles. The van der Waals surface area contributed by atoms with Crippen molar-refractivity contribution in [1.82, 2.24) is 9.78 Å². The molecule has 0 aliphatic heterocycles. The number of rotatable bonds is 7. The van der Waals surface area contributed by atoms with Crippen LogP contribution in [0.15, 0.2) is 52.9 Å². The van der Waals surface area contributed by atoms with Crippen molar-refractivity contribution in [3.05, 3.63) is 63.1 Å². The van der Waals surface area contributed by atoms with Crippen molar-refractivity contribution in [3.63, 3.8) is 0 Å². The molecule has 0 atom stereocenters. The van der Waals surface area contributed by atoms with Crippen LogP contribution in [-0.4, -0.2) is 35.2 Å². The molecule has 0 N–H and O–H groups in total. The Morgan fingerprint density at radius 3 is 2.52 bits per heavy atom.